The molecule has 0 atom stereocenters. The molecule has 12 heteroatoms. The number of hydrazone groups is 1. The molecule has 0 aliphatic heterocycles. The predicted octanol–water partition coefficient (Wildman–Crippen LogP) is 3.98. The first kappa shape index (κ1) is 24.8. The van der Waals surface area contributed by atoms with E-state index >= 15 is 0 Å². The van der Waals surface area contributed by atoms with Gasteiger partial charge in [0.2, 0.25) is 5.82 Å². The SMILES string of the molecule is CC/C=C\C=N\N(C)/C=C/C(F)=C/C(F)(F)c1nnc2ccc(-c3cnn(CCOC)c3)nn12. The monoisotopic (exact) mass is 474 g/mol. The van der Waals surface area contributed by atoms with Gasteiger partial charge in [0.15, 0.2) is 5.65 Å². The molecular formula is C22H25F3N8O. The molecule has 0 spiro atoms. The Bertz CT molecular complexity index is 1210. The van der Waals surface area contributed by atoms with Gasteiger partial charge in [-0.15, -0.1) is 10.2 Å². The summed E-state index contributed by atoms with van der Waals surface area (Å²) in [6.07, 6.45) is 11.5. The van der Waals surface area contributed by atoms with Crippen molar-refractivity contribution in [2.45, 2.75) is 25.8 Å². The van der Waals surface area contributed by atoms with Crippen LogP contribution < -0.4 is 0 Å². The van der Waals surface area contributed by atoms with Gasteiger partial charge < -0.3 is 4.74 Å². The Morgan fingerprint density at radius 2 is 2.12 bits per heavy atom. The number of aromatic nitrogens is 6. The van der Waals surface area contributed by atoms with Crippen molar-refractivity contribution in [1.82, 2.24) is 34.6 Å². The lowest BCUT2D eigenvalue weighted by atomic mass is 10.2. The van der Waals surface area contributed by atoms with E-state index in [1.807, 2.05) is 13.0 Å². The smallest absolute Gasteiger partial charge is 0.330 e. The molecule has 0 aliphatic rings. The van der Waals surface area contributed by atoms with E-state index in [1.165, 1.54) is 23.5 Å². The zero-order valence-corrected chi connectivity index (χ0v) is 19.0. The number of fused-ring (bicyclic) bond motifs is 1. The van der Waals surface area contributed by atoms with Gasteiger partial charge in [-0.3, -0.25) is 9.69 Å². The number of nitrogens with zero attached hydrogens (tertiary/aromatic N) is 8. The maximum absolute atomic E-state index is 14.9. The van der Waals surface area contributed by atoms with Crippen molar-refractivity contribution in [3.8, 4) is 11.3 Å². The van der Waals surface area contributed by atoms with E-state index in [4.69, 9.17) is 4.74 Å². The van der Waals surface area contributed by atoms with Crippen molar-refractivity contribution < 1.29 is 17.9 Å². The van der Waals surface area contributed by atoms with Crippen LogP contribution in [0.1, 0.15) is 19.2 Å². The average molecular weight is 474 g/mol. The topological polar surface area (TPSA) is 85.7 Å². The van der Waals surface area contributed by atoms with E-state index < -0.39 is 17.6 Å². The van der Waals surface area contributed by atoms with Gasteiger partial charge in [0.25, 0.3) is 0 Å². The van der Waals surface area contributed by atoms with Gasteiger partial charge in [-0.05, 0) is 30.7 Å². The van der Waals surface area contributed by atoms with Crippen molar-refractivity contribution in [2.75, 3.05) is 20.8 Å². The van der Waals surface area contributed by atoms with Crippen LogP contribution in [0.3, 0.4) is 0 Å². The van der Waals surface area contributed by atoms with E-state index in [2.05, 4.69) is 25.5 Å². The van der Waals surface area contributed by atoms with Gasteiger partial charge in [0.05, 0.1) is 25.0 Å². The highest BCUT2D eigenvalue weighted by molar-refractivity contribution is 5.70. The zero-order valence-electron chi connectivity index (χ0n) is 19.0. The van der Waals surface area contributed by atoms with Crippen LogP contribution in [-0.2, 0) is 17.2 Å². The minimum absolute atomic E-state index is 0.101. The number of ether oxygens (including phenoxy) is 1. The van der Waals surface area contributed by atoms with Gasteiger partial charge in [-0.25, -0.2) is 4.39 Å². The predicted molar refractivity (Wildman–Crippen MR) is 122 cm³/mol. The summed E-state index contributed by atoms with van der Waals surface area (Å²) in [5.41, 5.74) is 1.10. The van der Waals surface area contributed by atoms with Crippen molar-refractivity contribution >= 4 is 11.9 Å². The minimum Gasteiger partial charge on any atom is -0.383 e. The van der Waals surface area contributed by atoms with Crippen LogP contribution >= 0.6 is 0 Å². The summed E-state index contributed by atoms with van der Waals surface area (Å²) in [6, 6.07) is 3.12. The quantitative estimate of drug-likeness (QED) is 0.237. The van der Waals surface area contributed by atoms with Crippen LogP contribution in [-0.4, -0.2) is 61.6 Å². The molecule has 9 nitrogen and oxygen atoms in total. The molecule has 0 saturated heterocycles. The molecule has 0 saturated carbocycles. The minimum atomic E-state index is -3.77. The summed E-state index contributed by atoms with van der Waals surface area (Å²) in [5.74, 6) is -5.74. The molecule has 0 amide bonds. The summed E-state index contributed by atoms with van der Waals surface area (Å²) >= 11 is 0. The first-order valence-electron chi connectivity index (χ1n) is 10.4. The normalized spacial score (nSPS) is 13.3. The van der Waals surface area contributed by atoms with Crippen LogP contribution in [0, 0.1) is 0 Å². The van der Waals surface area contributed by atoms with Gasteiger partial charge in [0, 0.05) is 44.4 Å². The fourth-order valence-electron chi connectivity index (χ4n) is 2.80. The molecule has 3 aromatic rings. The summed E-state index contributed by atoms with van der Waals surface area (Å²) in [5, 5.41) is 20.9. The second-order valence-corrected chi connectivity index (χ2v) is 7.14. The fourth-order valence-corrected chi connectivity index (χ4v) is 2.80. The van der Waals surface area contributed by atoms with Gasteiger partial charge >= 0.3 is 5.92 Å². The third-order valence-electron chi connectivity index (χ3n) is 4.49. The van der Waals surface area contributed by atoms with Crippen molar-refractivity contribution in [3.05, 3.63) is 66.7 Å². The maximum atomic E-state index is 14.9. The molecule has 0 bridgehead atoms. The second-order valence-electron chi connectivity index (χ2n) is 7.14. The molecule has 3 rings (SSSR count). The Morgan fingerprint density at radius 1 is 1.29 bits per heavy atom. The van der Waals surface area contributed by atoms with Crippen LogP contribution in [0.5, 0.6) is 0 Å². The highest BCUT2D eigenvalue weighted by atomic mass is 19.3. The molecule has 0 radical (unpaired) electrons. The lowest BCUT2D eigenvalue weighted by Gasteiger charge is -2.10. The molecule has 0 unspecified atom stereocenters. The molecular weight excluding hydrogens is 449 g/mol. The van der Waals surface area contributed by atoms with Crippen molar-refractivity contribution in [1.29, 1.82) is 0 Å². The summed E-state index contributed by atoms with van der Waals surface area (Å²) in [4.78, 5) is 0. The lowest BCUT2D eigenvalue weighted by Crippen LogP contribution is -2.16. The highest BCUT2D eigenvalue weighted by Crippen LogP contribution is 2.30. The highest BCUT2D eigenvalue weighted by Gasteiger charge is 2.36. The number of rotatable bonds is 11. The van der Waals surface area contributed by atoms with Gasteiger partial charge in [-0.1, -0.05) is 13.0 Å². The number of hydrogen-bond donors (Lipinski definition) is 0. The Labute approximate surface area is 194 Å². The summed E-state index contributed by atoms with van der Waals surface area (Å²) < 4.78 is 51.5. The van der Waals surface area contributed by atoms with Gasteiger partial charge in [-0.2, -0.15) is 28.6 Å². The Kier molecular flexibility index (Phi) is 8.30. The van der Waals surface area contributed by atoms with Crippen LogP contribution in [0.15, 0.2) is 66.0 Å². The van der Waals surface area contributed by atoms with Crippen LogP contribution in [0.25, 0.3) is 16.9 Å². The van der Waals surface area contributed by atoms with E-state index in [-0.39, 0.29) is 11.7 Å². The molecule has 3 aromatic heterocycles. The number of halogens is 3. The van der Waals surface area contributed by atoms with E-state index in [1.54, 1.807) is 43.4 Å². The number of methoxy groups -OCH3 is 1. The van der Waals surface area contributed by atoms with Crippen LogP contribution in [0.2, 0.25) is 0 Å². The standard InChI is InChI=1S/C22H25F3N8O/c1-4-5-6-10-26-31(2)11-9-18(23)14-22(24,25)21-29-28-20-8-7-19(30-33(20)21)17-15-27-32(16-17)12-13-34-3/h5-11,14-16H,4,12-13H2,1-3H3/b6-5-,11-9+,18-14-,26-10+. The number of allylic oxidation sites excluding steroid dienone is 5. The first-order chi connectivity index (χ1) is 16.3. The fraction of sp³-hybridized carbons (Fsp3) is 0.318. The first-order valence-corrected chi connectivity index (χ1v) is 10.4. The van der Waals surface area contributed by atoms with E-state index in [9.17, 15) is 13.2 Å². The molecule has 180 valence electrons. The zero-order chi connectivity index (χ0) is 24.6. The number of alkyl halides is 2. The summed E-state index contributed by atoms with van der Waals surface area (Å²) in [7, 11) is 3.13. The van der Waals surface area contributed by atoms with Crippen LogP contribution in [0.4, 0.5) is 13.2 Å². The molecule has 34 heavy (non-hydrogen) atoms. The average Bonchev–Trinajstić information content (AvgIpc) is 3.46. The van der Waals surface area contributed by atoms with Crippen molar-refractivity contribution in [2.24, 2.45) is 5.10 Å². The Morgan fingerprint density at radius 3 is 2.88 bits per heavy atom. The lowest BCUT2D eigenvalue weighted by molar-refractivity contribution is 0.0378. The molecule has 0 aromatic carbocycles. The largest absolute Gasteiger partial charge is 0.383 e. The maximum Gasteiger partial charge on any atom is 0.330 e. The molecule has 0 fully saturated rings. The Hall–Kier alpha value is -3.80. The number of hydrogen-bond acceptors (Lipinski definition) is 7. The molecule has 3 heterocycles. The van der Waals surface area contributed by atoms with E-state index in [0.29, 0.717) is 24.4 Å². The molecule has 0 N–H and O–H groups in total. The van der Waals surface area contributed by atoms with E-state index in [0.717, 1.165) is 17.0 Å². The Balaban J connectivity index is 1.82. The summed E-state index contributed by atoms with van der Waals surface area (Å²) in [6.45, 7) is 2.98. The van der Waals surface area contributed by atoms with Gasteiger partial charge in [0.1, 0.15) is 5.83 Å². The second kappa shape index (κ2) is 11.4. The molecule has 0 aliphatic carbocycles. The third kappa shape index (κ3) is 6.38. The van der Waals surface area contributed by atoms with Crippen molar-refractivity contribution in [3.63, 3.8) is 0 Å². The third-order valence-corrected chi connectivity index (χ3v) is 4.49.